The minimum Gasteiger partial charge on any atom is -0.494 e. The quantitative estimate of drug-likeness (QED) is 0.577. The Morgan fingerprint density at radius 1 is 1.07 bits per heavy atom. The molecule has 28 heavy (non-hydrogen) atoms. The van der Waals surface area contributed by atoms with Crippen LogP contribution in [0.15, 0.2) is 53.2 Å². The SMILES string of the molecule is COc1ccc(-c2ccc(F)cc2)c2ncc(NC(=O)c3cnc(C)o3)nc12. The summed E-state index contributed by atoms with van der Waals surface area (Å²) in [5.41, 5.74) is 2.60. The molecular weight excluding hydrogens is 363 g/mol. The fourth-order valence-electron chi connectivity index (χ4n) is 2.81. The van der Waals surface area contributed by atoms with E-state index in [1.54, 1.807) is 25.1 Å². The van der Waals surface area contributed by atoms with Crippen molar-refractivity contribution in [3.63, 3.8) is 0 Å². The Balaban J connectivity index is 1.75. The fourth-order valence-corrected chi connectivity index (χ4v) is 2.81. The molecular formula is C20H15FN4O3. The van der Waals surface area contributed by atoms with Crippen molar-refractivity contribution < 1.29 is 18.3 Å². The molecule has 0 atom stereocenters. The lowest BCUT2D eigenvalue weighted by Crippen LogP contribution is -2.12. The number of rotatable bonds is 4. The lowest BCUT2D eigenvalue weighted by molar-refractivity contribution is 0.0995. The van der Waals surface area contributed by atoms with Crippen molar-refractivity contribution in [3.8, 4) is 16.9 Å². The number of fused-ring (bicyclic) bond motifs is 1. The maximum absolute atomic E-state index is 13.3. The summed E-state index contributed by atoms with van der Waals surface area (Å²) in [7, 11) is 1.52. The number of aromatic nitrogens is 3. The molecule has 2 heterocycles. The predicted molar refractivity (Wildman–Crippen MR) is 101 cm³/mol. The zero-order valence-corrected chi connectivity index (χ0v) is 15.1. The minimum absolute atomic E-state index is 0.0754. The molecule has 2 aromatic carbocycles. The highest BCUT2D eigenvalue weighted by molar-refractivity contribution is 6.02. The Morgan fingerprint density at radius 3 is 2.54 bits per heavy atom. The number of oxazole rings is 1. The van der Waals surface area contributed by atoms with E-state index < -0.39 is 5.91 Å². The standard InChI is InChI=1S/C20H15FN4O3/c1-11-22-9-16(28-11)20(26)25-17-10-23-18-14(12-3-5-13(21)6-4-12)7-8-15(27-2)19(18)24-17/h3-10H,1-2H3,(H,24,25,26). The van der Waals surface area contributed by atoms with Crippen LogP contribution in [0, 0.1) is 12.7 Å². The average Bonchev–Trinajstić information content (AvgIpc) is 3.14. The van der Waals surface area contributed by atoms with Crippen LogP contribution in [0.4, 0.5) is 10.2 Å². The third-order valence-corrected chi connectivity index (χ3v) is 4.12. The Bertz CT molecular complexity index is 1170. The Labute approximate surface area is 159 Å². The highest BCUT2D eigenvalue weighted by atomic mass is 19.1. The van der Waals surface area contributed by atoms with Gasteiger partial charge in [-0.15, -0.1) is 0 Å². The van der Waals surface area contributed by atoms with Gasteiger partial charge in [0.15, 0.2) is 11.7 Å². The fraction of sp³-hybridized carbons (Fsp3) is 0.100. The van der Waals surface area contributed by atoms with Crippen molar-refractivity contribution in [2.75, 3.05) is 12.4 Å². The first-order valence-corrected chi connectivity index (χ1v) is 8.38. The van der Waals surface area contributed by atoms with Crippen molar-refractivity contribution in [2.45, 2.75) is 6.92 Å². The van der Waals surface area contributed by atoms with Crippen LogP contribution in [0.5, 0.6) is 5.75 Å². The Morgan fingerprint density at radius 2 is 1.86 bits per heavy atom. The lowest BCUT2D eigenvalue weighted by atomic mass is 10.0. The van der Waals surface area contributed by atoms with E-state index in [1.807, 2.05) is 6.07 Å². The summed E-state index contributed by atoms with van der Waals surface area (Å²) in [5, 5.41) is 2.63. The first kappa shape index (κ1) is 17.6. The van der Waals surface area contributed by atoms with Crippen molar-refractivity contribution in [2.24, 2.45) is 0 Å². The smallest absolute Gasteiger partial charge is 0.294 e. The third kappa shape index (κ3) is 3.27. The molecule has 0 radical (unpaired) electrons. The molecule has 0 aliphatic heterocycles. The van der Waals surface area contributed by atoms with Crippen LogP contribution in [-0.4, -0.2) is 28.0 Å². The zero-order valence-electron chi connectivity index (χ0n) is 15.1. The first-order valence-electron chi connectivity index (χ1n) is 8.38. The van der Waals surface area contributed by atoms with Crippen molar-refractivity contribution in [1.29, 1.82) is 0 Å². The van der Waals surface area contributed by atoms with E-state index in [2.05, 4.69) is 20.3 Å². The lowest BCUT2D eigenvalue weighted by Gasteiger charge is -2.11. The van der Waals surface area contributed by atoms with E-state index in [-0.39, 0.29) is 17.4 Å². The number of carbonyl (C=O) groups is 1. The van der Waals surface area contributed by atoms with Crippen LogP contribution >= 0.6 is 0 Å². The largest absolute Gasteiger partial charge is 0.494 e. The molecule has 0 aliphatic rings. The van der Waals surface area contributed by atoms with Gasteiger partial charge in [-0.05, 0) is 29.8 Å². The summed E-state index contributed by atoms with van der Waals surface area (Å²) in [4.78, 5) is 25.1. The highest BCUT2D eigenvalue weighted by Gasteiger charge is 2.15. The van der Waals surface area contributed by atoms with Crippen LogP contribution in [0.1, 0.15) is 16.4 Å². The van der Waals surface area contributed by atoms with E-state index in [1.165, 1.54) is 31.6 Å². The van der Waals surface area contributed by atoms with E-state index >= 15 is 0 Å². The van der Waals surface area contributed by atoms with Gasteiger partial charge in [-0.3, -0.25) is 4.79 Å². The summed E-state index contributed by atoms with van der Waals surface area (Å²) in [6, 6.07) is 9.68. The van der Waals surface area contributed by atoms with Crippen LogP contribution in [-0.2, 0) is 0 Å². The predicted octanol–water partition coefficient (Wildman–Crippen LogP) is 3.99. The Kier molecular flexibility index (Phi) is 4.44. The Hall–Kier alpha value is -3.81. The van der Waals surface area contributed by atoms with Gasteiger partial charge < -0.3 is 14.5 Å². The second-order valence-corrected chi connectivity index (χ2v) is 5.97. The number of hydrogen-bond donors (Lipinski definition) is 1. The van der Waals surface area contributed by atoms with Crippen LogP contribution in [0.3, 0.4) is 0 Å². The molecule has 8 heteroatoms. The van der Waals surface area contributed by atoms with Crippen molar-refractivity contribution >= 4 is 22.8 Å². The number of halogens is 1. The van der Waals surface area contributed by atoms with E-state index in [0.717, 1.165) is 11.1 Å². The minimum atomic E-state index is -0.483. The molecule has 4 rings (SSSR count). The number of anilines is 1. The third-order valence-electron chi connectivity index (χ3n) is 4.12. The highest BCUT2D eigenvalue weighted by Crippen LogP contribution is 2.32. The molecule has 1 amide bonds. The first-order chi connectivity index (χ1) is 13.5. The van der Waals surface area contributed by atoms with Gasteiger partial charge in [0, 0.05) is 12.5 Å². The molecule has 4 aromatic rings. The molecule has 0 unspecified atom stereocenters. The molecule has 140 valence electrons. The second-order valence-electron chi connectivity index (χ2n) is 5.97. The summed E-state index contributed by atoms with van der Waals surface area (Å²) in [5.74, 6) is 0.399. The van der Waals surface area contributed by atoms with Gasteiger partial charge in [-0.2, -0.15) is 0 Å². The molecule has 0 spiro atoms. The van der Waals surface area contributed by atoms with E-state index in [4.69, 9.17) is 9.15 Å². The van der Waals surface area contributed by atoms with Gasteiger partial charge in [-0.1, -0.05) is 12.1 Å². The summed E-state index contributed by atoms with van der Waals surface area (Å²) in [6.07, 6.45) is 2.78. The van der Waals surface area contributed by atoms with Crippen LogP contribution < -0.4 is 10.1 Å². The van der Waals surface area contributed by atoms with Crippen LogP contribution in [0.2, 0.25) is 0 Å². The number of aryl methyl sites for hydroxylation is 1. The van der Waals surface area contributed by atoms with Gasteiger partial charge in [0.1, 0.15) is 22.6 Å². The molecule has 0 bridgehead atoms. The van der Waals surface area contributed by atoms with Gasteiger partial charge in [0.05, 0.1) is 19.5 Å². The number of hydrogen-bond acceptors (Lipinski definition) is 6. The maximum Gasteiger partial charge on any atom is 0.294 e. The zero-order chi connectivity index (χ0) is 19.7. The summed E-state index contributed by atoms with van der Waals surface area (Å²) < 4.78 is 23.8. The summed E-state index contributed by atoms with van der Waals surface area (Å²) in [6.45, 7) is 1.65. The van der Waals surface area contributed by atoms with E-state index in [0.29, 0.717) is 22.7 Å². The topological polar surface area (TPSA) is 90.1 Å². The molecule has 2 aromatic heterocycles. The number of nitrogens with one attached hydrogen (secondary N) is 1. The van der Waals surface area contributed by atoms with Crippen LogP contribution in [0.25, 0.3) is 22.2 Å². The number of nitrogens with zero attached hydrogens (tertiary/aromatic N) is 3. The van der Waals surface area contributed by atoms with E-state index in [9.17, 15) is 9.18 Å². The number of carbonyl (C=O) groups excluding carboxylic acids is 1. The second kappa shape index (κ2) is 7.07. The van der Waals surface area contributed by atoms with Gasteiger partial charge in [0.25, 0.3) is 5.91 Å². The molecule has 0 aliphatic carbocycles. The molecule has 0 saturated carbocycles. The van der Waals surface area contributed by atoms with Gasteiger partial charge in [0.2, 0.25) is 5.76 Å². The normalized spacial score (nSPS) is 10.8. The monoisotopic (exact) mass is 378 g/mol. The number of methoxy groups -OCH3 is 1. The number of benzene rings is 2. The van der Waals surface area contributed by atoms with Crippen molar-refractivity contribution in [3.05, 3.63) is 66.3 Å². The molecule has 0 fully saturated rings. The number of ether oxygens (including phenoxy) is 1. The van der Waals surface area contributed by atoms with Gasteiger partial charge >= 0.3 is 0 Å². The molecule has 0 saturated heterocycles. The van der Waals surface area contributed by atoms with Crippen molar-refractivity contribution in [1.82, 2.24) is 15.0 Å². The van der Waals surface area contributed by atoms with Gasteiger partial charge in [-0.25, -0.2) is 19.3 Å². The number of amides is 1. The average molecular weight is 378 g/mol. The summed E-state index contributed by atoms with van der Waals surface area (Å²) >= 11 is 0. The molecule has 1 N–H and O–H groups in total. The molecule has 7 nitrogen and oxygen atoms in total. The maximum atomic E-state index is 13.3.